The van der Waals surface area contributed by atoms with Crippen molar-refractivity contribution in [3.8, 4) is 0 Å². The third-order valence-corrected chi connectivity index (χ3v) is 4.32. The van der Waals surface area contributed by atoms with Gasteiger partial charge in [0.15, 0.2) is 0 Å². The monoisotopic (exact) mass is 288 g/mol. The molecule has 1 aliphatic carbocycles. The van der Waals surface area contributed by atoms with Gasteiger partial charge < -0.3 is 10.1 Å². The second-order valence-corrected chi connectivity index (χ2v) is 6.47. The Kier molecular flexibility index (Phi) is 6.41. The van der Waals surface area contributed by atoms with Crippen LogP contribution in [0.1, 0.15) is 43.5 Å². The molecule has 1 fully saturated rings. The number of rotatable bonds is 7. The first kappa shape index (κ1) is 14.3. The summed E-state index contributed by atoms with van der Waals surface area (Å²) in [6, 6.07) is 0. The molecule has 3 nitrogen and oxygen atoms in total. The van der Waals surface area contributed by atoms with Crippen molar-refractivity contribution < 1.29 is 4.74 Å². The Hall–Kier alpha value is -0.160. The topological polar surface area (TPSA) is 34.2 Å². The average molecular weight is 289 g/mol. The summed E-state index contributed by atoms with van der Waals surface area (Å²) < 4.78 is 6.62. The summed E-state index contributed by atoms with van der Waals surface area (Å²) in [4.78, 5) is 4.20. The van der Waals surface area contributed by atoms with Gasteiger partial charge in [0.2, 0.25) is 0 Å². The fourth-order valence-electron chi connectivity index (χ4n) is 2.24. The van der Waals surface area contributed by atoms with Crippen LogP contribution in [0.3, 0.4) is 0 Å². The van der Waals surface area contributed by atoms with Crippen molar-refractivity contribution in [2.45, 2.75) is 51.2 Å². The van der Waals surface area contributed by atoms with Crippen LogP contribution in [-0.4, -0.2) is 24.2 Å². The highest BCUT2D eigenvalue weighted by Crippen LogP contribution is 2.20. The van der Waals surface area contributed by atoms with Gasteiger partial charge in [0.05, 0.1) is 12.3 Å². The molecule has 0 radical (unpaired) electrons. The van der Waals surface area contributed by atoms with Crippen molar-refractivity contribution in [3.05, 3.63) is 15.5 Å². The lowest BCUT2D eigenvalue weighted by Gasteiger charge is -2.21. The van der Waals surface area contributed by atoms with Gasteiger partial charge in [-0.1, -0.05) is 30.9 Å². The maximum absolute atomic E-state index is 5.87. The van der Waals surface area contributed by atoms with Crippen molar-refractivity contribution >= 4 is 22.9 Å². The number of nitrogens with one attached hydrogen (secondary N) is 1. The number of ether oxygens (including phenoxy) is 1. The molecule has 1 saturated carbocycles. The van der Waals surface area contributed by atoms with Crippen LogP contribution in [0, 0.1) is 0 Å². The molecular weight excluding hydrogens is 268 g/mol. The molecule has 0 unspecified atom stereocenters. The van der Waals surface area contributed by atoms with Crippen LogP contribution < -0.4 is 5.32 Å². The predicted molar refractivity (Wildman–Crippen MR) is 76.3 cm³/mol. The molecule has 0 atom stereocenters. The zero-order valence-corrected chi connectivity index (χ0v) is 12.2. The number of aromatic nitrogens is 1. The van der Waals surface area contributed by atoms with E-state index in [2.05, 4.69) is 10.3 Å². The van der Waals surface area contributed by atoms with E-state index in [1.165, 1.54) is 43.4 Å². The molecule has 0 spiro atoms. The Labute approximate surface area is 118 Å². The standard InChI is InChI=1S/C13H21ClN2OS/c14-12-9-16-13(18-12)10-15-7-4-8-17-11-5-2-1-3-6-11/h9,11,15H,1-8,10H2. The molecule has 1 N–H and O–H groups in total. The summed E-state index contributed by atoms with van der Waals surface area (Å²) in [6.07, 6.45) is 9.87. The zero-order chi connectivity index (χ0) is 12.6. The molecule has 0 saturated heterocycles. The molecule has 1 aliphatic rings. The van der Waals surface area contributed by atoms with Gasteiger partial charge in [-0.15, -0.1) is 11.3 Å². The lowest BCUT2D eigenvalue weighted by molar-refractivity contribution is 0.0273. The lowest BCUT2D eigenvalue weighted by Crippen LogP contribution is -2.20. The summed E-state index contributed by atoms with van der Waals surface area (Å²) in [6.45, 7) is 2.65. The van der Waals surface area contributed by atoms with Gasteiger partial charge in [-0.3, -0.25) is 0 Å². The summed E-state index contributed by atoms with van der Waals surface area (Å²) in [5, 5.41) is 4.41. The minimum absolute atomic E-state index is 0.525. The van der Waals surface area contributed by atoms with Crippen molar-refractivity contribution in [1.82, 2.24) is 10.3 Å². The highest BCUT2D eigenvalue weighted by Gasteiger charge is 2.12. The first-order valence-corrected chi connectivity index (χ1v) is 7.96. The fraction of sp³-hybridized carbons (Fsp3) is 0.769. The third-order valence-electron chi connectivity index (χ3n) is 3.21. The van der Waals surface area contributed by atoms with Gasteiger partial charge in [-0.25, -0.2) is 4.98 Å². The van der Waals surface area contributed by atoms with Crippen LogP contribution in [0.25, 0.3) is 0 Å². The van der Waals surface area contributed by atoms with E-state index >= 15 is 0 Å². The van der Waals surface area contributed by atoms with Gasteiger partial charge in [0.1, 0.15) is 9.34 Å². The van der Waals surface area contributed by atoms with Crippen LogP contribution in [-0.2, 0) is 11.3 Å². The van der Waals surface area contributed by atoms with E-state index in [9.17, 15) is 0 Å². The number of nitrogens with zero attached hydrogens (tertiary/aromatic N) is 1. The van der Waals surface area contributed by atoms with Gasteiger partial charge >= 0.3 is 0 Å². The number of halogens is 1. The van der Waals surface area contributed by atoms with E-state index in [0.717, 1.165) is 35.5 Å². The van der Waals surface area contributed by atoms with Crippen molar-refractivity contribution in [1.29, 1.82) is 0 Å². The molecule has 1 heterocycles. The minimum atomic E-state index is 0.525. The van der Waals surface area contributed by atoms with Crippen LogP contribution in [0.5, 0.6) is 0 Å². The fourth-order valence-corrected chi connectivity index (χ4v) is 3.17. The average Bonchev–Trinajstić information content (AvgIpc) is 2.81. The van der Waals surface area contributed by atoms with Gasteiger partial charge in [0.25, 0.3) is 0 Å². The van der Waals surface area contributed by atoms with Gasteiger partial charge in [0, 0.05) is 13.2 Å². The predicted octanol–water partition coefficient (Wildman–Crippen LogP) is 3.63. The number of thiazole rings is 1. The highest BCUT2D eigenvalue weighted by atomic mass is 35.5. The quantitative estimate of drug-likeness (QED) is 0.778. The molecule has 5 heteroatoms. The molecule has 1 aromatic rings. The largest absolute Gasteiger partial charge is 0.378 e. The number of hydrogen-bond acceptors (Lipinski definition) is 4. The normalized spacial score (nSPS) is 17.2. The van der Waals surface area contributed by atoms with E-state index in [1.807, 2.05) is 0 Å². The molecule has 0 amide bonds. The van der Waals surface area contributed by atoms with Crippen molar-refractivity contribution in [3.63, 3.8) is 0 Å². The summed E-state index contributed by atoms with van der Waals surface area (Å²) in [5.74, 6) is 0. The van der Waals surface area contributed by atoms with E-state index < -0.39 is 0 Å². The summed E-state index contributed by atoms with van der Waals surface area (Å²) >= 11 is 7.35. The molecule has 2 rings (SSSR count). The molecule has 102 valence electrons. The highest BCUT2D eigenvalue weighted by molar-refractivity contribution is 7.15. The Morgan fingerprint density at radius 1 is 1.39 bits per heavy atom. The Balaban J connectivity index is 1.46. The van der Waals surface area contributed by atoms with Crippen LogP contribution in [0.2, 0.25) is 4.34 Å². The molecular formula is C13H21ClN2OS. The maximum atomic E-state index is 5.87. The SMILES string of the molecule is Clc1cnc(CNCCCOC2CCCCC2)s1. The molecule has 0 aromatic carbocycles. The maximum Gasteiger partial charge on any atom is 0.113 e. The van der Waals surface area contributed by atoms with E-state index in [1.54, 1.807) is 6.20 Å². The Bertz CT molecular complexity index is 339. The minimum Gasteiger partial charge on any atom is -0.378 e. The first-order valence-electron chi connectivity index (χ1n) is 6.77. The van der Waals surface area contributed by atoms with E-state index in [0.29, 0.717) is 6.10 Å². The summed E-state index contributed by atoms with van der Waals surface area (Å²) in [5.41, 5.74) is 0. The van der Waals surface area contributed by atoms with Crippen molar-refractivity contribution in [2.75, 3.05) is 13.2 Å². The Morgan fingerprint density at radius 3 is 2.94 bits per heavy atom. The van der Waals surface area contributed by atoms with Gasteiger partial charge in [-0.2, -0.15) is 0 Å². The zero-order valence-electron chi connectivity index (χ0n) is 10.7. The van der Waals surface area contributed by atoms with Gasteiger partial charge in [-0.05, 0) is 25.8 Å². The number of hydrogen-bond donors (Lipinski definition) is 1. The van der Waals surface area contributed by atoms with Crippen LogP contribution in [0.15, 0.2) is 6.20 Å². The Morgan fingerprint density at radius 2 is 2.22 bits per heavy atom. The molecule has 18 heavy (non-hydrogen) atoms. The molecule has 1 aromatic heterocycles. The second-order valence-electron chi connectivity index (χ2n) is 4.72. The smallest absolute Gasteiger partial charge is 0.113 e. The van der Waals surface area contributed by atoms with Crippen LogP contribution >= 0.6 is 22.9 Å². The summed E-state index contributed by atoms with van der Waals surface area (Å²) in [7, 11) is 0. The third kappa shape index (κ3) is 5.22. The molecule has 0 aliphatic heterocycles. The van der Waals surface area contributed by atoms with Crippen LogP contribution in [0.4, 0.5) is 0 Å². The lowest BCUT2D eigenvalue weighted by atomic mass is 9.98. The van der Waals surface area contributed by atoms with E-state index in [4.69, 9.17) is 16.3 Å². The van der Waals surface area contributed by atoms with Crippen molar-refractivity contribution in [2.24, 2.45) is 0 Å². The first-order chi connectivity index (χ1) is 8.84. The van der Waals surface area contributed by atoms with E-state index in [-0.39, 0.29) is 0 Å². The molecule has 0 bridgehead atoms. The second kappa shape index (κ2) is 8.10.